The summed E-state index contributed by atoms with van der Waals surface area (Å²) >= 11 is 0. The van der Waals surface area contributed by atoms with Crippen molar-refractivity contribution in [1.29, 1.82) is 0 Å². The van der Waals surface area contributed by atoms with Gasteiger partial charge in [-0.1, -0.05) is 0 Å². The first-order valence-electron chi connectivity index (χ1n) is 4.36. The molecule has 0 aliphatic heterocycles. The molecule has 0 aromatic carbocycles. The second kappa shape index (κ2) is 4.93. The van der Waals surface area contributed by atoms with Crippen molar-refractivity contribution >= 4 is 21.9 Å². The second-order valence-corrected chi connectivity index (χ2v) is 4.79. The van der Waals surface area contributed by atoms with Gasteiger partial charge in [0.05, 0.1) is 12.6 Å². The van der Waals surface area contributed by atoms with Gasteiger partial charge in [0.1, 0.15) is 6.04 Å². The van der Waals surface area contributed by atoms with Crippen LogP contribution in [0.15, 0.2) is 17.3 Å². The van der Waals surface area contributed by atoms with Gasteiger partial charge in [-0.05, 0) is 6.07 Å². The van der Waals surface area contributed by atoms with E-state index in [0.29, 0.717) is 0 Å². The summed E-state index contributed by atoms with van der Waals surface area (Å²) in [5.41, 5.74) is 4.81. The Balaban J connectivity index is 2.87. The van der Waals surface area contributed by atoms with Gasteiger partial charge in [-0.15, -0.1) is 0 Å². The number of carboxylic acids is 1. The number of primary amides is 1. The van der Waals surface area contributed by atoms with E-state index in [9.17, 15) is 18.0 Å². The SMILES string of the molecule is NC(=O)C[C@@H](NS(=O)(=O)c1ccn[nH]1)C(=O)O. The zero-order chi connectivity index (χ0) is 13.1. The molecule has 1 amide bonds. The smallest absolute Gasteiger partial charge is 0.322 e. The Morgan fingerprint density at radius 2 is 2.24 bits per heavy atom. The number of nitrogens with zero attached hydrogens (tertiary/aromatic N) is 1. The first-order valence-corrected chi connectivity index (χ1v) is 5.84. The number of carboxylic acid groups (broad SMARTS) is 1. The summed E-state index contributed by atoms with van der Waals surface area (Å²) in [5, 5.41) is 14.0. The molecule has 0 spiro atoms. The maximum absolute atomic E-state index is 11.6. The van der Waals surface area contributed by atoms with E-state index >= 15 is 0 Å². The highest BCUT2D eigenvalue weighted by molar-refractivity contribution is 7.89. The van der Waals surface area contributed by atoms with E-state index in [1.54, 1.807) is 0 Å². The third-order valence-electron chi connectivity index (χ3n) is 1.77. The molecule has 17 heavy (non-hydrogen) atoms. The Bertz CT molecular complexity index is 508. The summed E-state index contributed by atoms with van der Waals surface area (Å²) in [6.45, 7) is 0. The largest absolute Gasteiger partial charge is 0.480 e. The van der Waals surface area contributed by atoms with Crippen molar-refractivity contribution in [3.05, 3.63) is 12.3 Å². The average Bonchev–Trinajstić information content (AvgIpc) is 2.68. The molecule has 1 rings (SSSR count). The highest BCUT2D eigenvalue weighted by Gasteiger charge is 2.27. The number of hydrogen-bond donors (Lipinski definition) is 4. The lowest BCUT2D eigenvalue weighted by Crippen LogP contribution is -2.43. The lowest BCUT2D eigenvalue weighted by molar-refractivity contribution is -0.140. The Morgan fingerprint density at radius 1 is 1.59 bits per heavy atom. The van der Waals surface area contributed by atoms with Crippen LogP contribution in [0.4, 0.5) is 0 Å². The molecular formula is C7H10N4O5S. The lowest BCUT2D eigenvalue weighted by atomic mass is 10.2. The molecule has 1 aromatic rings. The normalized spacial score (nSPS) is 13.2. The van der Waals surface area contributed by atoms with Crippen LogP contribution in [0, 0.1) is 0 Å². The molecule has 0 fully saturated rings. The Kier molecular flexibility index (Phi) is 3.81. The molecule has 0 saturated heterocycles. The third kappa shape index (κ3) is 3.53. The predicted molar refractivity (Wildman–Crippen MR) is 54.1 cm³/mol. The monoisotopic (exact) mass is 262 g/mol. The van der Waals surface area contributed by atoms with Crippen LogP contribution in [-0.2, 0) is 19.6 Å². The Morgan fingerprint density at radius 3 is 2.65 bits per heavy atom. The number of carbonyl (C=O) groups is 2. The second-order valence-electron chi connectivity index (χ2n) is 3.10. The fraction of sp³-hybridized carbons (Fsp3) is 0.286. The number of aromatic amines is 1. The number of hydrogen-bond acceptors (Lipinski definition) is 5. The van der Waals surface area contributed by atoms with E-state index in [1.165, 1.54) is 6.20 Å². The van der Waals surface area contributed by atoms with Crippen molar-refractivity contribution in [1.82, 2.24) is 14.9 Å². The van der Waals surface area contributed by atoms with Gasteiger partial charge in [-0.2, -0.15) is 9.82 Å². The van der Waals surface area contributed by atoms with Gasteiger partial charge in [0.15, 0.2) is 5.03 Å². The summed E-state index contributed by atoms with van der Waals surface area (Å²) < 4.78 is 25.0. The highest BCUT2D eigenvalue weighted by Crippen LogP contribution is 2.05. The van der Waals surface area contributed by atoms with E-state index in [4.69, 9.17) is 10.8 Å². The van der Waals surface area contributed by atoms with Crippen molar-refractivity contribution < 1.29 is 23.1 Å². The van der Waals surface area contributed by atoms with Crippen LogP contribution in [0.3, 0.4) is 0 Å². The molecule has 0 bridgehead atoms. The van der Waals surface area contributed by atoms with E-state index < -0.39 is 34.4 Å². The number of sulfonamides is 1. The van der Waals surface area contributed by atoms with Gasteiger partial charge in [-0.25, -0.2) is 8.42 Å². The molecule has 0 aliphatic rings. The standard InChI is InChI=1S/C7H10N4O5S/c8-5(12)3-4(7(13)14)11-17(15,16)6-1-2-9-10-6/h1-2,4,11H,3H2,(H2,8,12)(H,9,10)(H,13,14)/t4-/m1/s1. The predicted octanol–water partition coefficient (Wildman–Crippen LogP) is -1.98. The van der Waals surface area contributed by atoms with Crippen molar-refractivity contribution in [3.63, 3.8) is 0 Å². The van der Waals surface area contributed by atoms with E-state index in [0.717, 1.165) is 6.07 Å². The summed E-state index contributed by atoms with van der Waals surface area (Å²) in [4.78, 5) is 21.3. The number of amides is 1. The summed E-state index contributed by atoms with van der Waals surface area (Å²) in [7, 11) is -4.06. The van der Waals surface area contributed by atoms with Crippen LogP contribution in [-0.4, -0.2) is 41.6 Å². The van der Waals surface area contributed by atoms with E-state index in [1.807, 2.05) is 4.72 Å². The third-order valence-corrected chi connectivity index (χ3v) is 3.17. The number of rotatable bonds is 6. The zero-order valence-electron chi connectivity index (χ0n) is 8.45. The highest BCUT2D eigenvalue weighted by atomic mass is 32.2. The van der Waals surface area contributed by atoms with Crippen LogP contribution in [0.25, 0.3) is 0 Å². The molecule has 94 valence electrons. The molecule has 0 radical (unpaired) electrons. The number of H-pyrrole nitrogens is 1. The maximum Gasteiger partial charge on any atom is 0.322 e. The maximum atomic E-state index is 11.6. The molecule has 0 saturated carbocycles. The van der Waals surface area contributed by atoms with Gasteiger partial charge >= 0.3 is 5.97 Å². The number of nitrogens with two attached hydrogens (primary N) is 1. The minimum atomic E-state index is -4.06. The fourth-order valence-electron chi connectivity index (χ4n) is 1.02. The van der Waals surface area contributed by atoms with Crippen molar-refractivity contribution in [2.75, 3.05) is 0 Å². The minimum Gasteiger partial charge on any atom is -0.480 e. The molecule has 0 aliphatic carbocycles. The van der Waals surface area contributed by atoms with Gasteiger partial charge in [0, 0.05) is 0 Å². The topological polar surface area (TPSA) is 155 Å². The Hall–Kier alpha value is -1.94. The van der Waals surface area contributed by atoms with Crippen LogP contribution in [0.5, 0.6) is 0 Å². The molecule has 0 unspecified atom stereocenters. The summed E-state index contributed by atoms with van der Waals surface area (Å²) in [5.74, 6) is -2.42. The quantitative estimate of drug-likeness (QED) is 0.465. The first kappa shape index (κ1) is 13.1. The molecule has 5 N–H and O–H groups in total. The minimum absolute atomic E-state index is 0.298. The van der Waals surface area contributed by atoms with Crippen LogP contribution < -0.4 is 10.5 Å². The Labute approximate surface area is 96.1 Å². The van der Waals surface area contributed by atoms with Crippen LogP contribution >= 0.6 is 0 Å². The molecule has 1 atom stereocenters. The number of carbonyl (C=O) groups excluding carboxylic acids is 1. The number of nitrogens with one attached hydrogen (secondary N) is 2. The summed E-state index contributed by atoms with van der Waals surface area (Å²) in [6, 6.07) is -0.466. The average molecular weight is 262 g/mol. The molecule has 9 nitrogen and oxygen atoms in total. The molecule has 1 aromatic heterocycles. The van der Waals surface area contributed by atoms with Crippen molar-refractivity contribution in [2.24, 2.45) is 5.73 Å². The lowest BCUT2D eigenvalue weighted by Gasteiger charge is -2.11. The number of aliphatic carboxylic acids is 1. The molecule has 1 heterocycles. The van der Waals surface area contributed by atoms with Crippen molar-refractivity contribution in [2.45, 2.75) is 17.5 Å². The summed E-state index contributed by atoms with van der Waals surface area (Å²) in [6.07, 6.45) is 0.557. The van der Waals surface area contributed by atoms with Gasteiger partial charge in [0.25, 0.3) is 10.0 Å². The van der Waals surface area contributed by atoms with Crippen LogP contribution in [0.2, 0.25) is 0 Å². The fourth-order valence-corrected chi connectivity index (χ4v) is 2.12. The van der Waals surface area contributed by atoms with Crippen LogP contribution in [0.1, 0.15) is 6.42 Å². The van der Waals surface area contributed by atoms with Gasteiger partial charge in [-0.3, -0.25) is 14.7 Å². The van der Waals surface area contributed by atoms with Gasteiger partial charge in [0.2, 0.25) is 5.91 Å². The zero-order valence-corrected chi connectivity index (χ0v) is 9.27. The van der Waals surface area contributed by atoms with E-state index in [2.05, 4.69) is 10.2 Å². The van der Waals surface area contributed by atoms with E-state index in [-0.39, 0.29) is 5.03 Å². The molecule has 10 heteroatoms. The number of aromatic nitrogens is 2. The first-order chi connectivity index (χ1) is 7.83. The van der Waals surface area contributed by atoms with Crippen molar-refractivity contribution in [3.8, 4) is 0 Å². The molecular weight excluding hydrogens is 252 g/mol. The van der Waals surface area contributed by atoms with Gasteiger partial charge < -0.3 is 10.8 Å².